The van der Waals surface area contributed by atoms with Crippen LogP contribution in [0.25, 0.3) is 0 Å². The molecule has 1 rings (SSSR count). The molecule has 0 bridgehead atoms. The second-order valence-corrected chi connectivity index (χ2v) is 5.48. The quantitative estimate of drug-likeness (QED) is 0.604. The van der Waals surface area contributed by atoms with Gasteiger partial charge in [0, 0.05) is 13.2 Å². The summed E-state index contributed by atoms with van der Waals surface area (Å²) in [5.41, 5.74) is 0.522. The Hall–Kier alpha value is -0.0400. The molecule has 0 saturated carbocycles. The summed E-state index contributed by atoms with van der Waals surface area (Å²) in [7, 11) is 0. The fourth-order valence-electron chi connectivity index (χ4n) is 1.74. The van der Waals surface area contributed by atoms with E-state index in [4.69, 9.17) is 4.74 Å². The molecule has 0 aromatic carbocycles. The molecule has 0 aromatic rings. The van der Waals surface area contributed by atoms with Gasteiger partial charge in [-0.15, -0.1) is 0 Å². The van der Waals surface area contributed by atoms with Crippen molar-refractivity contribution < 1.29 is 4.74 Å². The summed E-state index contributed by atoms with van der Waals surface area (Å²) < 4.78 is 4.94. The van der Waals surface area contributed by atoms with Crippen LogP contribution in [0.4, 0.5) is 0 Å². The lowest BCUT2D eigenvalue weighted by atomic mass is 9.86. The topological polar surface area (TPSA) is 9.23 Å². The van der Waals surface area contributed by atoms with E-state index >= 15 is 0 Å². The highest BCUT2D eigenvalue weighted by Gasteiger charge is 2.11. The van der Waals surface area contributed by atoms with Crippen molar-refractivity contribution in [2.45, 2.75) is 53.9 Å². The lowest BCUT2D eigenvalue weighted by Gasteiger charge is -2.19. The maximum Gasteiger partial charge on any atom is 0.0466 e. The van der Waals surface area contributed by atoms with Gasteiger partial charge in [-0.25, -0.2) is 0 Å². The minimum Gasteiger partial charge on any atom is -0.381 e. The Balaban J connectivity index is 0.000000243. The van der Waals surface area contributed by atoms with Gasteiger partial charge in [0.1, 0.15) is 0 Å². The van der Waals surface area contributed by atoms with Crippen molar-refractivity contribution in [1.29, 1.82) is 0 Å². The Labute approximate surface area is 83.9 Å². The maximum atomic E-state index is 4.94. The summed E-state index contributed by atoms with van der Waals surface area (Å²) in [5.74, 6) is 0.843. The monoisotopic (exact) mass is 186 g/mol. The first-order valence-electron chi connectivity index (χ1n) is 5.49. The zero-order chi connectivity index (χ0) is 10.3. The van der Waals surface area contributed by atoms with E-state index in [-0.39, 0.29) is 0 Å². The third-order valence-electron chi connectivity index (χ3n) is 1.85. The fraction of sp³-hybridized carbons (Fsp3) is 1.00. The molecule has 1 fully saturated rings. The summed E-state index contributed by atoms with van der Waals surface area (Å²) in [6.45, 7) is 13.4. The molecule has 0 amide bonds. The van der Waals surface area contributed by atoms with E-state index in [0.717, 1.165) is 19.1 Å². The average Bonchev–Trinajstić information content (AvgIpc) is 2.33. The van der Waals surface area contributed by atoms with Gasteiger partial charge in [0.2, 0.25) is 0 Å². The van der Waals surface area contributed by atoms with E-state index in [2.05, 4.69) is 34.6 Å². The minimum absolute atomic E-state index is 0.522. The Morgan fingerprint density at radius 3 is 1.62 bits per heavy atom. The Kier molecular flexibility index (Phi) is 6.40. The molecule has 0 aromatic heterocycles. The smallest absolute Gasteiger partial charge is 0.0466 e. The molecular weight excluding hydrogens is 160 g/mol. The summed E-state index contributed by atoms with van der Waals surface area (Å²) in [6.07, 6.45) is 3.88. The van der Waals surface area contributed by atoms with E-state index in [1.807, 2.05) is 0 Å². The fourth-order valence-corrected chi connectivity index (χ4v) is 1.74. The zero-order valence-electron chi connectivity index (χ0n) is 10.0. The highest BCUT2D eigenvalue weighted by molar-refractivity contribution is 4.62. The van der Waals surface area contributed by atoms with Crippen LogP contribution in [0.1, 0.15) is 53.9 Å². The molecule has 80 valence electrons. The van der Waals surface area contributed by atoms with Crippen LogP contribution in [0.2, 0.25) is 0 Å². The lowest BCUT2D eigenvalue weighted by molar-refractivity contribution is 0.198. The van der Waals surface area contributed by atoms with Crippen LogP contribution < -0.4 is 0 Å². The standard InChI is InChI=1S/C8H18.C4H8O/c1-7(2)6-8(3,4)5;1-2-4-5-3-1/h7H,6H2,1-5H3;1-4H2. The Morgan fingerprint density at radius 2 is 1.54 bits per heavy atom. The molecule has 1 nitrogen and oxygen atoms in total. The zero-order valence-corrected chi connectivity index (χ0v) is 10.0. The summed E-state index contributed by atoms with van der Waals surface area (Å²) in [5, 5.41) is 0. The van der Waals surface area contributed by atoms with Crippen LogP contribution in [0.3, 0.4) is 0 Å². The molecule has 1 heterocycles. The van der Waals surface area contributed by atoms with Crippen LogP contribution >= 0.6 is 0 Å². The van der Waals surface area contributed by atoms with E-state index in [0.29, 0.717) is 5.41 Å². The van der Waals surface area contributed by atoms with Crippen LogP contribution in [0.5, 0.6) is 0 Å². The predicted molar refractivity (Wildman–Crippen MR) is 59.0 cm³/mol. The highest BCUT2D eigenvalue weighted by atomic mass is 16.5. The molecule has 0 radical (unpaired) electrons. The van der Waals surface area contributed by atoms with Crippen molar-refractivity contribution in [2.24, 2.45) is 11.3 Å². The van der Waals surface area contributed by atoms with Gasteiger partial charge in [0.15, 0.2) is 0 Å². The molecule has 1 aliphatic heterocycles. The first-order chi connectivity index (χ1) is 5.92. The van der Waals surface area contributed by atoms with Gasteiger partial charge in [-0.2, -0.15) is 0 Å². The molecule has 0 aliphatic carbocycles. The second kappa shape index (κ2) is 6.42. The minimum atomic E-state index is 0.522. The van der Waals surface area contributed by atoms with Crippen LogP contribution in [0, 0.1) is 11.3 Å². The van der Waals surface area contributed by atoms with Crippen LogP contribution in [-0.2, 0) is 4.74 Å². The lowest BCUT2D eigenvalue weighted by Crippen LogP contribution is -2.08. The molecule has 0 unspecified atom stereocenters. The average molecular weight is 186 g/mol. The van der Waals surface area contributed by atoms with Gasteiger partial charge >= 0.3 is 0 Å². The normalized spacial score (nSPS) is 17.1. The molecule has 1 saturated heterocycles. The van der Waals surface area contributed by atoms with E-state index in [1.54, 1.807) is 0 Å². The van der Waals surface area contributed by atoms with E-state index < -0.39 is 0 Å². The molecule has 0 atom stereocenters. The molecule has 0 spiro atoms. The number of hydrogen-bond donors (Lipinski definition) is 0. The molecule has 13 heavy (non-hydrogen) atoms. The maximum absolute atomic E-state index is 4.94. The van der Waals surface area contributed by atoms with Crippen LogP contribution in [-0.4, -0.2) is 13.2 Å². The second-order valence-electron chi connectivity index (χ2n) is 5.48. The Morgan fingerprint density at radius 1 is 1.08 bits per heavy atom. The van der Waals surface area contributed by atoms with Gasteiger partial charge in [-0.3, -0.25) is 0 Å². The van der Waals surface area contributed by atoms with Gasteiger partial charge in [0.25, 0.3) is 0 Å². The van der Waals surface area contributed by atoms with Gasteiger partial charge in [0.05, 0.1) is 0 Å². The molecule has 1 heteroatoms. The first kappa shape index (κ1) is 13.0. The van der Waals surface area contributed by atoms with Gasteiger partial charge in [-0.05, 0) is 30.6 Å². The van der Waals surface area contributed by atoms with E-state index in [1.165, 1.54) is 19.3 Å². The van der Waals surface area contributed by atoms with Crippen molar-refractivity contribution in [3.05, 3.63) is 0 Å². The summed E-state index contributed by atoms with van der Waals surface area (Å²) >= 11 is 0. The summed E-state index contributed by atoms with van der Waals surface area (Å²) in [6, 6.07) is 0. The van der Waals surface area contributed by atoms with Crippen molar-refractivity contribution in [3.63, 3.8) is 0 Å². The number of hydrogen-bond acceptors (Lipinski definition) is 1. The van der Waals surface area contributed by atoms with E-state index in [9.17, 15) is 0 Å². The molecule has 0 N–H and O–H groups in total. The highest BCUT2D eigenvalue weighted by Crippen LogP contribution is 2.23. The van der Waals surface area contributed by atoms with Gasteiger partial charge in [-0.1, -0.05) is 34.6 Å². The number of rotatable bonds is 1. The van der Waals surface area contributed by atoms with Crippen molar-refractivity contribution in [3.8, 4) is 0 Å². The van der Waals surface area contributed by atoms with Gasteiger partial charge < -0.3 is 4.74 Å². The predicted octanol–water partition coefficient (Wildman–Crippen LogP) is 3.88. The largest absolute Gasteiger partial charge is 0.381 e. The molecule has 1 aliphatic rings. The van der Waals surface area contributed by atoms with Crippen LogP contribution in [0.15, 0.2) is 0 Å². The SMILES string of the molecule is C1CCOC1.CC(C)CC(C)(C)C. The van der Waals surface area contributed by atoms with Crippen molar-refractivity contribution >= 4 is 0 Å². The Bertz CT molecular complexity index is 99.2. The third-order valence-corrected chi connectivity index (χ3v) is 1.85. The first-order valence-corrected chi connectivity index (χ1v) is 5.49. The van der Waals surface area contributed by atoms with Crippen molar-refractivity contribution in [2.75, 3.05) is 13.2 Å². The molecular formula is C12H26O. The summed E-state index contributed by atoms with van der Waals surface area (Å²) in [4.78, 5) is 0. The third kappa shape index (κ3) is 12.0. The number of ether oxygens (including phenoxy) is 1. The van der Waals surface area contributed by atoms with Crippen molar-refractivity contribution in [1.82, 2.24) is 0 Å².